The molecule has 11 rings (SSSR count). The summed E-state index contributed by atoms with van der Waals surface area (Å²) in [6.45, 7) is 0. The molecule has 1 aromatic heterocycles. The Kier molecular flexibility index (Phi) is 7.53. The third-order valence-electron chi connectivity index (χ3n) is 11.7. The Balaban J connectivity index is 1.02. The number of rotatable bonds is 5. The number of allylic oxidation sites excluding steroid dienone is 4. The van der Waals surface area contributed by atoms with Crippen LogP contribution in [-0.4, -0.2) is 9.97 Å². The number of aromatic nitrogens is 2. The van der Waals surface area contributed by atoms with Crippen LogP contribution in [-0.2, 0) is 5.41 Å². The number of para-hydroxylation sites is 1. The van der Waals surface area contributed by atoms with Crippen molar-refractivity contribution in [1.29, 1.82) is 0 Å². The van der Waals surface area contributed by atoms with E-state index in [4.69, 9.17) is 14.7 Å². The molecule has 0 N–H and O–H groups in total. The first-order valence-corrected chi connectivity index (χ1v) is 19.4. The molecule has 7 aromatic carbocycles. The highest BCUT2D eigenvalue weighted by molar-refractivity contribution is 5.89. The molecule has 0 radical (unpaired) electrons. The molecule has 0 bridgehead atoms. The van der Waals surface area contributed by atoms with Crippen LogP contribution in [0.2, 0.25) is 0 Å². The molecule has 0 saturated heterocycles. The average molecular weight is 717 g/mol. The normalized spacial score (nSPS) is 14.2. The number of ether oxygens (including phenoxy) is 1. The molecule has 264 valence electrons. The average Bonchev–Trinajstić information content (AvgIpc) is 3.57. The fraction of sp³-hybridized carbons (Fsp3) is 0.0566. The Bertz CT molecular complexity index is 2840. The molecule has 3 heteroatoms. The molecule has 56 heavy (non-hydrogen) atoms. The standard InChI is InChI=1S/C53H36N2O/c1-3-14-35(15-4-1)36-26-28-37(29-27-36)48-34-49(55-52(54-48)38-16-5-2-6-17-38)41-19-13-18-39(32-41)40-30-31-47-51(33-40)56-50-25-12-11-24-46(50)53(47)44-22-9-7-20-42(44)43-21-8-10-23-45(43)53/h1-3,5-14,16-34H,4,15H2. The Labute approximate surface area is 327 Å². The summed E-state index contributed by atoms with van der Waals surface area (Å²) in [6, 6.07) is 62.8. The summed E-state index contributed by atoms with van der Waals surface area (Å²) in [5.74, 6) is 2.47. The molecule has 0 unspecified atom stereocenters. The van der Waals surface area contributed by atoms with Crippen molar-refractivity contribution < 1.29 is 4.74 Å². The summed E-state index contributed by atoms with van der Waals surface area (Å²) in [6.07, 6.45) is 8.75. The molecule has 3 nitrogen and oxygen atoms in total. The van der Waals surface area contributed by atoms with E-state index in [0.717, 1.165) is 69.1 Å². The Morgan fingerprint density at radius 2 is 1.02 bits per heavy atom. The minimum absolute atomic E-state index is 0.481. The second-order valence-electron chi connectivity index (χ2n) is 14.8. The van der Waals surface area contributed by atoms with Crippen LogP contribution in [0.1, 0.15) is 40.7 Å². The van der Waals surface area contributed by atoms with E-state index in [-0.39, 0.29) is 0 Å². The largest absolute Gasteiger partial charge is 0.457 e. The number of fused-ring (bicyclic) bond motifs is 9. The minimum Gasteiger partial charge on any atom is -0.457 e. The second-order valence-corrected chi connectivity index (χ2v) is 14.8. The maximum Gasteiger partial charge on any atom is 0.160 e. The molecule has 3 aliphatic rings. The molecule has 0 amide bonds. The van der Waals surface area contributed by atoms with Crippen LogP contribution in [0.25, 0.3) is 61.7 Å². The van der Waals surface area contributed by atoms with Gasteiger partial charge in [-0.15, -0.1) is 0 Å². The maximum absolute atomic E-state index is 6.82. The van der Waals surface area contributed by atoms with Crippen molar-refractivity contribution in [3.8, 4) is 67.7 Å². The van der Waals surface area contributed by atoms with E-state index < -0.39 is 5.41 Å². The highest BCUT2D eigenvalue weighted by atomic mass is 16.5. The predicted octanol–water partition coefficient (Wildman–Crippen LogP) is 13.3. The lowest BCUT2D eigenvalue weighted by molar-refractivity contribution is 0.436. The quantitative estimate of drug-likeness (QED) is 0.178. The highest BCUT2D eigenvalue weighted by Crippen LogP contribution is 2.62. The zero-order chi connectivity index (χ0) is 37.1. The molecule has 2 heterocycles. The smallest absolute Gasteiger partial charge is 0.160 e. The SMILES string of the molecule is C1=CCCC(c2ccc(-c3cc(-c4cccc(-c5ccc6c(c5)Oc5ccccc5C65c6ccccc6-c6ccccc65)c4)nc(-c4ccccc4)n3)cc2)=C1. The molecule has 2 aliphatic carbocycles. The molecule has 1 spiro atoms. The molecule has 8 aromatic rings. The van der Waals surface area contributed by atoms with E-state index in [1.165, 1.54) is 39.0 Å². The number of hydrogen-bond acceptors (Lipinski definition) is 3. The molecule has 0 saturated carbocycles. The van der Waals surface area contributed by atoms with Crippen molar-refractivity contribution in [3.05, 3.63) is 222 Å². The van der Waals surface area contributed by atoms with Crippen molar-refractivity contribution in [2.24, 2.45) is 0 Å². The second kappa shape index (κ2) is 13.0. The maximum atomic E-state index is 6.82. The fourth-order valence-electron chi connectivity index (χ4n) is 9.06. The Morgan fingerprint density at radius 3 is 1.77 bits per heavy atom. The van der Waals surface area contributed by atoms with Gasteiger partial charge in [0.25, 0.3) is 0 Å². The Hall–Kier alpha value is -7.10. The number of hydrogen-bond donors (Lipinski definition) is 0. The number of benzene rings is 7. The zero-order valence-electron chi connectivity index (χ0n) is 30.7. The molecular formula is C53H36N2O. The summed E-state index contributed by atoms with van der Waals surface area (Å²) in [7, 11) is 0. The van der Waals surface area contributed by atoms with Crippen molar-refractivity contribution in [3.63, 3.8) is 0 Å². The van der Waals surface area contributed by atoms with Gasteiger partial charge in [0.05, 0.1) is 16.8 Å². The lowest BCUT2D eigenvalue weighted by Crippen LogP contribution is -2.32. The fourth-order valence-corrected chi connectivity index (χ4v) is 9.06. The first kappa shape index (κ1) is 32.3. The van der Waals surface area contributed by atoms with Crippen LogP contribution in [0.5, 0.6) is 11.5 Å². The van der Waals surface area contributed by atoms with Gasteiger partial charge < -0.3 is 4.74 Å². The van der Waals surface area contributed by atoms with Gasteiger partial charge >= 0.3 is 0 Å². The van der Waals surface area contributed by atoms with E-state index in [2.05, 4.69) is 176 Å². The van der Waals surface area contributed by atoms with Gasteiger partial charge in [-0.3, -0.25) is 0 Å². The van der Waals surface area contributed by atoms with E-state index in [9.17, 15) is 0 Å². The van der Waals surface area contributed by atoms with Crippen LogP contribution in [0.4, 0.5) is 0 Å². The van der Waals surface area contributed by atoms with Crippen LogP contribution < -0.4 is 4.74 Å². The van der Waals surface area contributed by atoms with Gasteiger partial charge in [-0.25, -0.2) is 9.97 Å². The monoisotopic (exact) mass is 716 g/mol. The van der Waals surface area contributed by atoms with Crippen molar-refractivity contribution >= 4 is 5.57 Å². The summed E-state index contributed by atoms with van der Waals surface area (Å²) in [4.78, 5) is 10.3. The van der Waals surface area contributed by atoms with Gasteiger partial charge in [-0.2, -0.15) is 0 Å². The first-order chi connectivity index (χ1) is 27.7. The highest BCUT2D eigenvalue weighted by Gasteiger charge is 2.50. The van der Waals surface area contributed by atoms with Crippen LogP contribution in [0.3, 0.4) is 0 Å². The lowest BCUT2D eigenvalue weighted by Gasteiger charge is -2.39. The summed E-state index contributed by atoms with van der Waals surface area (Å²) in [5, 5.41) is 0. The topological polar surface area (TPSA) is 35.0 Å². The predicted molar refractivity (Wildman–Crippen MR) is 228 cm³/mol. The van der Waals surface area contributed by atoms with E-state index in [0.29, 0.717) is 5.82 Å². The minimum atomic E-state index is -0.481. The van der Waals surface area contributed by atoms with Crippen molar-refractivity contribution in [1.82, 2.24) is 9.97 Å². The molecular weight excluding hydrogens is 681 g/mol. The van der Waals surface area contributed by atoms with Gasteiger partial charge in [-0.05, 0) is 81.6 Å². The van der Waals surface area contributed by atoms with Gasteiger partial charge in [0.2, 0.25) is 0 Å². The van der Waals surface area contributed by atoms with Crippen LogP contribution in [0, 0.1) is 0 Å². The van der Waals surface area contributed by atoms with Crippen LogP contribution in [0.15, 0.2) is 194 Å². The van der Waals surface area contributed by atoms with Gasteiger partial charge in [0.15, 0.2) is 5.82 Å². The molecule has 0 atom stereocenters. The van der Waals surface area contributed by atoms with Gasteiger partial charge in [-0.1, -0.05) is 170 Å². The lowest BCUT2D eigenvalue weighted by atomic mass is 9.66. The van der Waals surface area contributed by atoms with Crippen LogP contribution >= 0.6 is 0 Å². The third-order valence-corrected chi connectivity index (χ3v) is 11.7. The van der Waals surface area contributed by atoms with E-state index >= 15 is 0 Å². The number of nitrogens with zero attached hydrogens (tertiary/aromatic N) is 2. The van der Waals surface area contributed by atoms with Gasteiger partial charge in [0.1, 0.15) is 11.5 Å². The van der Waals surface area contributed by atoms with Crippen molar-refractivity contribution in [2.45, 2.75) is 18.3 Å². The van der Waals surface area contributed by atoms with E-state index in [1.807, 2.05) is 18.2 Å². The van der Waals surface area contributed by atoms with Gasteiger partial charge in [0, 0.05) is 27.8 Å². The summed E-state index contributed by atoms with van der Waals surface area (Å²) < 4.78 is 6.82. The summed E-state index contributed by atoms with van der Waals surface area (Å²) in [5.41, 5.74) is 16.6. The molecule has 0 fully saturated rings. The Morgan fingerprint density at radius 1 is 0.429 bits per heavy atom. The molecule has 1 aliphatic heterocycles. The first-order valence-electron chi connectivity index (χ1n) is 19.4. The zero-order valence-corrected chi connectivity index (χ0v) is 30.7. The third kappa shape index (κ3) is 5.12. The van der Waals surface area contributed by atoms with Crippen molar-refractivity contribution in [2.75, 3.05) is 0 Å². The van der Waals surface area contributed by atoms with E-state index in [1.54, 1.807) is 0 Å². The summed E-state index contributed by atoms with van der Waals surface area (Å²) >= 11 is 0.